The van der Waals surface area contributed by atoms with Crippen molar-refractivity contribution in [2.45, 2.75) is 51.6 Å². The first kappa shape index (κ1) is 17.1. The molecule has 1 unspecified atom stereocenters. The first-order chi connectivity index (χ1) is 10.6. The van der Waals surface area contributed by atoms with E-state index in [0.29, 0.717) is 17.3 Å². The molecule has 0 aromatic heterocycles. The van der Waals surface area contributed by atoms with Gasteiger partial charge < -0.3 is 4.74 Å². The van der Waals surface area contributed by atoms with E-state index in [1.807, 2.05) is 0 Å². The molecule has 122 valence electrons. The zero-order chi connectivity index (χ0) is 15.9. The zero-order valence-corrected chi connectivity index (χ0v) is 13.8. The molecule has 1 saturated carbocycles. The van der Waals surface area contributed by atoms with E-state index in [-0.39, 0.29) is 0 Å². The molecule has 1 aromatic rings. The lowest BCUT2D eigenvalue weighted by atomic mass is 10.0. The predicted molar refractivity (Wildman–Crippen MR) is 86.2 cm³/mol. The average Bonchev–Trinajstić information content (AvgIpc) is 3.02. The van der Waals surface area contributed by atoms with Crippen molar-refractivity contribution in [2.75, 3.05) is 6.54 Å². The summed E-state index contributed by atoms with van der Waals surface area (Å²) in [5, 5.41) is 11.3. The number of carbonyl (C=O) groups excluding carboxylic acids is 1. The molecule has 0 radical (unpaired) electrons. The lowest BCUT2D eigenvalue weighted by molar-refractivity contribution is -0.172. The molecule has 0 heterocycles. The van der Waals surface area contributed by atoms with Crippen LogP contribution in [0.5, 0.6) is 5.75 Å². The van der Waals surface area contributed by atoms with Crippen molar-refractivity contribution in [3.8, 4) is 5.75 Å². The van der Waals surface area contributed by atoms with Gasteiger partial charge in [0.15, 0.2) is 6.10 Å². The van der Waals surface area contributed by atoms with Crippen LogP contribution in [0.3, 0.4) is 0 Å². The van der Waals surface area contributed by atoms with Gasteiger partial charge >= 0.3 is 0 Å². The number of hydrogen-bond donors (Lipinski definition) is 1. The van der Waals surface area contributed by atoms with Crippen LogP contribution in [0.4, 0.5) is 0 Å². The summed E-state index contributed by atoms with van der Waals surface area (Å²) < 4.78 is 5.52. The average molecular weight is 326 g/mol. The van der Waals surface area contributed by atoms with Gasteiger partial charge in [-0.05, 0) is 49.9 Å². The third-order valence-corrected chi connectivity index (χ3v) is 4.44. The van der Waals surface area contributed by atoms with Crippen LogP contribution in [0.15, 0.2) is 24.3 Å². The van der Waals surface area contributed by atoms with Gasteiger partial charge in [-0.1, -0.05) is 37.3 Å². The van der Waals surface area contributed by atoms with Gasteiger partial charge in [-0.15, -0.1) is 0 Å². The van der Waals surface area contributed by atoms with Crippen molar-refractivity contribution in [1.29, 1.82) is 0 Å². The summed E-state index contributed by atoms with van der Waals surface area (Å²) in [7, 11) is 0. The fraction of sp³-hybridized carbons (Fsp3) is 0.588. The van der Waals surface area contributed by atoms with Crippen LogP contribution in [0.1, 0.15) is 45.4 Å². The first-order valence-electron chi connectivity index (χ1n) is 7.98. The molecule has 1 aliphatic rings. The molecule has 0 aliphatic heterocycles. The lowest BCUT2D eigenvalue weighted by Crippen LogP contribution is -2.39. The summed E-state index contributed by atoms with van der Waals surface area (Å²) in [5.74, 6) is 0.914. The Kier molecular flexibility index (Phi) is 6.52. The molecule has 5 heteroatoms. The summed E-state index contributed by atoms with van der Waals surface area (Å²) in [6.45, 7) is 2.00. The van der Waals surface area contributed by atoms with Gasteiger partial charge in [-0.2, -0.15) is 0 Å². The number of ether oxygens (including phenoxy) is 1. The highest BCUT2D eigenvalue weighted by Crippen LogP contribution is 2.28. The maximum atomic E-state index is 12.1. The Hall–Kier alpha value is -1.26. The minimum Gasteiger partial charge on any atom is -0.481 e. The molecule has 1 atom stereocenters. The van der Waals surface area contributed by atoms with Crippen LogP contribution in [0.25, 0.3) is 0 Å². The molecule has 0 spiro atoms. The predicted octanol–water partition coefficient (Wildman–Crippen LogP) is 4.30. The Labute approximate surface area is 137 Å². The van der Waals surface area contributed by atoms with Crippen molar-refractivity contribution < 1.29 is 14.7 Å². The summed E-state index contributed by atoms with van der Waals surface area (Å²) in [6.07, 6.45) is 6.40. The standard InChI is InChI=1S/C17H24ClNO3/c1-13(22-16-10-8-15(18)9-11-16)17(20)19(21)12-4-7-14-5-2-3-6-14/h8-11,13-14,21H,2-7,12H2,1H3. The third-order valence-electron chi connectivity index (χ3n) is 4.19. The van der Waals surface area contributed by atoms with Gasteiger partial charge in [0.05, 0.1) is 0 Å². The fourth-order valence-corrected chi connectivity index (χ4v) is 3.04. The molecule has 2 rings (SSSR count). The van der Waals surface area contributed by atoms with Crippen LogP contribution in [0, 0.1) is 5.92 Å². The van der Waals surface area contributed by atoms with Gasteiger partial charge in [0.2, 0.25) is 0 Å². The molecule has 0 saturated heterocycles. The van der Waals surface area contributed by atoms with Crippen LogP contribution in [-0.2, 0) is 4.79 Å². The molecule has 22 heavy (non-hydrogen) atoms. The van der Waals surface area contributed by atoms with Crippen LogP contribution < -0.4 is 4.74 Å². The number of carbonyl (C=O) groups is 1. The largest absolute Gasteiger partial charge is 0.481 e. The summed E-state index contributed by atoms with van der Waals surface area (Å²) >= 11 is 5.80. The number of hydroxylamine groups is 2. The van der Waals surface area contributed by atoms with Crippen molar-refractivity contribution in [3.05, 3.63) is 29.3 Å². The second-order valence-corrected chi connectivity index (χ2v) is 6.40. The van der Waals surface area contributed by atoms with Crippen molar-refractivity contribution in [3.63, 3.8) is 0 Å². The monoisotopic (exact) mass is 325 g/mol. The van der Waals surface area contributed by atoms with E-state index in [9.17, 15) is 10.0 Å². The molecule has 0 bridgehead atoms. The summed E-state index contributed by atoms with van der Waals surface area (Å²) in [6, 6.07) is 6.81. The Morgan fingerprint density at radius 3 is 2.64 bits per heavy atom. The van der Waals surface area contributed by atoms with Gasteiger partial charge in [0.25, 0.3) is 5.91 Å². The maximum Gasteiger partial charge on any atom is 0.286 e. The Bertz CT molecular complexity index is 471. The number of rotatable bonds is 7. The minimum absolute atomic E-state index is 0.365. The number of nitrogens with zero attached hydrogens (tertiary/aromatic N) is 1. The van der Waals surface area contributed by atoms with E-state index < -0.39 is 12.0 Å². The minimum atomic E-state index is -0.724. The van der Waals surface area contributed by atoms with Crippen LogP contribution in [-0.4, -0.2) is 28.8 Å². The quantitative estimate of drug-likeness (QED) is 0.600. The Morgan fingerprint density at radius 1 is 1.36 bits per heavy atom. The topological polar surface area (TPSA) is 49.8 Å². The summed E-state index contributed by atoms with van der Waals surface area (Å²) in [5.41, 5.74) is 0. The molecule has 1 N–H and O–H groups in total. The maximum absolute atomic E-state index is 12.1. The van der Waals surface area contributed by atoms with E-state index >= 15 is 0 Å². The molecule has 4 nitrogen and oxygen atoms in total. The van der Waals surface area contributed by atoms with E-state index in [1.54, 1.807) is 31.2 Å². The van der Waals surface area contributed by atoms with Gasteiger partial charge in [0.1, 0.15) is 5.75 Å². The highest BCUT2D eigenvalue weighted by atomic mass is 35.5. The van der Waals surface area contributed by atoms with Crippen LogP contribution in [0.2, 0.25) is 5.02 Å². The van der Waals surface area contributed by atoms with Gasteiger partial charge in [-0.3, -0.25) is 10.0 Å². The number of hydrogen-bond acceptors (Lipinski definition) is 3. The Morgan fingerprint density at radius 2 is 2.00 bits per heavy atom. The highest BCUT2D eigenvalue weighted by Gasteiger charge is 2.21. The molecule has 1 fully saturated rings. The smallest absolute Gasteiger partial charge is 0.286 e. The molecular weight excluding hydrogens is 302 g/mol. The second kappa shape index (κ2) is 8.39. The fourth-order valence-electron chi connectivity index (χ4n) is 2.92. The number of halogens is 1. The molecule has 1 aliphatic carbocycles. The van der Waals surface area contributed by atoms with Crippen molar-refractivity contribution >= 4 is 17.5 Å². The van der Waals surface area contributed by atoms with E-state index in [2.05, 4.69) is 0 Å². The van der Waals surface area contributed by atoms with Crippen LogP contribution >= 0.6 is 11.6 Å². The summed E-state index contributed by atoms with van der Waals surface area (Å²) in [4.78, 5) is 12.1. The van der Waals surface area contributed by atoms with Gasteiger partial charge in [0, 0.05) is 11.6 Å². The van der Waals surface area contributed by atoms with Gasteiger partial charge in [-0.25, -0.2) is 5.06 Å². The van der Waals surface area contributed by atoms with E-state index in [0.717, 1.165) is 23.8 Å². The zero-order valence-electron chi connectivity index (χ0n) is 13.0. The second-order valence-electron chi connectivity index (χ2n) is 5.97. The van der Waals surface area contributed by atoms with Crippen molar-refractivity contribution in [1.82, 2.24) is 5.06 Å². The van der Waals surface area contributed by atoms with E-state index in [1.165, 1.54) is 25.7 Å². The third kappa shape index (κ3) is 5.18. The number of benzene rings is 1. The number of amides is 1. The first-order valence-corrected chi connectivity index (χ1v) is 8.36. The lowest BCUT2D eigenvalue weighted by Gasteiger charge is -2.21. The molecular formula is C17H24ClNO3. The SMILES string of the molecule is CC(Oc1ccc(Cl)cc1)C(=O)N(O)CCCC1CCCC1. The Balaban J connectivity index is 1.72. The molecule has 1 aromatic carbocycles. The highest BCUT2D eigenvalue weighted by molar-refractivity contribution is 6.30. The normalized spacial score (nSPS) is 16.5. The van der Waals surface area contributed by atoms with Crippen molar-refractivity contribution in [2.24, 2.45) is 5.92 Å². The molecule has 1 amide bonds. The van der Waals surface area contributed by atoms with E-state index in [4.69, 9.17) is 16.3 Å².